The average Bonchev–Trinajstić information content (AvgIpc) is 2.29. The van der Waals surface area contributed by atoms with Crippen LogP contribution in [0.2, 0.25) is 0 Å². The highest BCUT2D eigenvalue weighted by atomic mass is 32.2. The van der Waals surface area contributed by atoms with Crippen molar-refractivity contribution in [2.75, 3.05) is 18.1 Å². The first kappa shape index (κ1) is 16.7. The molecule has 2 N–H and O–H groups in total. The van der Waals surface area contributed by atoms with Crippen LogP contribution in [0.15, 0.2) is 24.3 Å². The fourth-order valence-electron chi connectivity index (χ4n) is 1.62. The highest BCUT2D eigenvalue weighted by Crippen LogP contribution is 2.17. The normalized spacial score (nSPS) is 12.2. The van der Waals surface area contributed by atoms with E-state index in [0.29, 0.717) is 13.1 Å². The SMILES string of the molecule is CC(=O)Nc1ccccc1CNCC(C)(C)S(C)(=O)=O. The fourth-order valence-corrected chi connectivity index (χ4v) is 1.98. The summed E-state index contributed by atoms with van der Waals surface area (Å²) in [6.45, 7) is 5.68. The Balaban J connectivity index is 2.70. The van der Waals surface area contributed by atoms with Crippen LogP contribution in [0.5, 0.6) is 0 Å². The minimum atomic E-state index is -3.12. The van der Waals surface area contributed by atoms with E-state index in [1.165, 1.54) is 13.2 Å². The molecule has 0 aliphatic heterocycles. The second-order valence-electron chi connectivity index (χ2n) is 5.47. The van der Waals surface area contributed by atoms with Gasteiger partial charge in [0.1, 0.15) is 0 Å². The highest BCUT2D eigenvalue weighted by molar-refractivity contribution is 7.92. The maximum absolute atomic E-state index is 11.6. The molecule has 0 radical (unpaired) electrons. The summed E-state index contributed by atoms with van der Waals surface area (Å²) < 4.78 is 22.4. The van der Waals surface area contributed by atoms with Crippen molar-refractivity contribution in [2.24, 2.45) is 0 Å². The maximum Gasteiger partial charge on any atom is 0.221 e. The Kier molecular flexibility index (Phi) is 5.30. The van der Waals surface area contributed by atoms with E-state index < -0.39 is 14.6 Å². The summed E-state index contributed by atoms with van der Waals surface area (Å²) in [5.74, 6) is -0.131. The molecule has 0 fully saturated rings. The number of para-hydroxylation sites is 1. The molecule has 20 heavy (non-hydrogen) atoms. The molecule has 0 unspecified atom stereocenters. The number of rotatable bonds is 6. The molecule has 0 aromatic heterocycles. The molecule has 1 amide bonds. The number of sulfone groups is 1. The van der Waals surface area contributed by atoms with Crippen molar-refractivity contribution in [1.82, 2.24) is 5.32 Å². The standard InChI is InChI=1S/C14H22N2O3S/c1-11(17)16-13-8-6-5-7-12(13)9-15-10-14(2,3)20(4,18)19/h5-8,15H,9-10H2,1-4H3,(H,16,17). The average molecular weight is 298 g/mol. The van der Waals surface area contributed by atoms with Crippen molar-refractivity contribution in [3.8, 4) is 0 Å². The lowest BCUT2D eigenvalue weighted by Crippen LogP contribution is -2.41. The van der Waals surface area contributed by atoms with Crippen molar-refractivity contribution in [2.45, 2.75) is 32.1 Å². The van der Waals surface area contributed by atoms with E-state index in [1.807, 2.05) is 24.3 Å². The molecular weight excluding hydrogens is 276 g/mol. The van der Waals surface area contributed by atoms with Gasteiger partial charge in [0.25, 0.3) is 0 Å². The van der Waals surface area contributed by atoms with Crippen molar-refractivity contribution >= 4 is 21.4 Å². The molecule has 0 heterocycles. The second kappa shape index (κ2) is 6.37. The molecule has 1 aromatic carbocycles. The zero-order valence-electron chi connectivity index (χ0n) is 12.4. The summed E-state index contributed by atoms with van der Waals surface area (Å²) in [6.07, 6.45) is 1.24. The fraction of sp³-hybridized carbons (Fsp3) is 0.500. The van der Waals surface area contributed by atoms with E-state index in [9.17, 15) is 13.2 Å². The van der Waals surface area contributed by atoms with Gasteiger partial charge in [-0.05, 0) is 25.5 Å². The number of benzene rings is 1. The molecule has 6 heteroatoms. The Morgan fingerprint density at radius 1 is 1.25 bits per heavy atom. The first-order valence-electron chi connectivity index (χ1n) is 6.39. The zero-order chi connectivity index (χ0) is 15.4. The second-order valence-corrected chi connectivity index (χ2v) is 8.12. The van der Waals surface area contributed by atoms with E-state index in [2.05, 4.69) is 10.6 Å². The molecule has 0 atom stereocenters. The number of carbonyl (C=O) groups excluding carboxylic acids is 1. The monoisotopic (exact) mass is 298 g/mol. The van der Waals surface area contributed by atoms with Crippen LogP contribution in [0.1, 0.15) is 26.3 Å². The third-order valence-corrected chi connectivity index (χ3v) is 5.35. The molecule has 0 bridgehead atoms. The Morgan fingerprint density at radius 2 is 1.85 bits per heavy atom. The number of amides is 1. The molecule has 0 aliphatic carbocycles. The minimum Gasteiger partial charge on any atom is -0.326 e. The van der Waals surface area contributed by atoms with Crippen molar-refractivity contribution in [3.63, 3.8) is 0 Å². The smallest absolute Gasteiger partial charge is 0.221 e. The molecule has 112 valence electrons. The number of nitrogens with one attached hydrogen (secondary N) is 2. The van der Waals surface area contributed by atoms with E-state index in [0.717, 1.165) is 11.3 Å². The van der Waals surface area contributed by atoms with Gasteiger partial charge in [-0.25, -0.2) is 8.42 Å². The highest BCUT2D eigenvalue weighted by Gasteiger charge is 2.29. The number of hydrogen-bond donors (Lipinski definition) is 2. The number of hydrogen-bond acceptors (Lipinski definition) is 4. The van der Waals surface area contributed by atoms with Gasteiger partial charge in [-0.3, -0.25) is 4.79 Å². The van der Waals surface area contributed by atoms with Crippen LogP contribution in [0.4, 0.5) is 5.69 Å². The first-order valence-corrected chi connectivity index (χ1v) is 8.28. The molecule has 0 spiro atoms. The van der Waals surface area contributed by atoms with Crippen LogP contribution in [-0.2, 0) is 21.2 Å². The first-order chi connectivity index (χ1) is 9.13. The third-order valence-electron chi connectivity index (χ3n) is 3.20. The van der Waals surface area contributed by atoms with Gasteiger partial charge < -0.3 is 10.6 Å². The van der Waals surface area contributed by atoms with E-state index in [-0.39, 0.29) is 5.91 Å². The Labute approximate surface area is 120 Å². The lowest BCUT2D eigenvalue weighted by molar-refractivity contribution is -0.114. The summed E-state index contributed by atoms with van der Waals surface area (Å²) in [7, 11) is -3.12. The zero-order valence-corrected chi connectivity index (χ0v) is 13.2. The minimum absolute atomic E-state index is 0.131. The summed E-state index contributed by atoms with van der Waals surface area (Å²) in [5, 5.41) is 5.89. The van der Waals surface area contributed by atoms with Gasteiger partial charge in [0.05, 0.1) is 4.75 Å². The van der Waals surface area contributed by atoms with Crippen LogP contribution in [0.3, 0.4) is 0 Å². The van der Waals surface area contributed by atoms with Gasteiger partial charge in [0, 0.05) is 32.0 Å². The Morgan fingerprint density at radius 3 is 2.40 bits per heavy atom. The summed E-state index contributed by atoms with van der Waals surface area (Å²) in [5.41, 5.74) is 1.66. The van der Waals surface area contributed by atoms with Crippen LogP contribution >= 0.6 is 0 Å². The van der Waals surface area contributed by atoms with Crippen molar-refractivity contribution in [3.05, 3.63) is 29.8 Å². The van der Waals surface area contributed by atoms with Crippen molar-refractivity contribution in [1.29, 1.82) is 0 Å². The van der Waals surface area contributed by atoms with Gasteiger partial charge in [-0.2, -0.15) is 0 Å². The molecule has 0 saturated heterocycles. The lowest BCUT2D eigenvalue weighted by atomic mass is 10.1. The van der Waals surface area contributed by atoms with Gasteiger partial charge in [0.15, 0.2) is 9.84 Å². The molecular formula is C14H22N2O3S. The molecule has 1 aromatic rings. The maximum atomic E-state index is 11.6. The topological polar surface area (TPSA) is 75.3 Å². The van der Waals surface area contributed by atoms with Gasteiger partial charge in [0.2, 0.25) is 5.91 Å². The van der Waals surface area contributed by atoms with E-state index >= 15 is 0 Å². The largest absolute Gasteiger partial charge is 0.326 e. The van der Waals surface area contributed by atoms with Crippen molar-refractivity contribution < 1.29 is 13.2 Å². The van der Waals surface area contributed by atoms with E-state index in [1.54, 1.807) is 13.8 Å². The van der Waals surface area contributed by atoms with Crippen LogP contribution in [0, 0.1) is 0 Å². The molecule has 0 aliphatic rings. The third kappa shape index (κ3) is 4.61. The number of anilines is 1. The summed E-state index contributed by atoms with van der Waals surface area (Å²) >= 11 is 0. The predicted molar refractivity (Wildman–Crippen MR) is 81.4 cm³/mol. The summed E-state index contributed by atoms with van der Waals surface area (Å²) in [4.78, 5) is 11.1. The Hall–Kier alpha value is -1.40. The summed E-state index contributed by atoms with van der Waals surface area (Å²) in [6, 6.07) is 7.44. The van der Waals surface area contributed by atoms with Gasteiger partial charge in [-0.15, -0.1) is 0 Å². The van der Waals surface area contributed by atoms with Crippen LogP contribution < -0.4 is 10.6 Å². The van der Waals surface area contributed by atoms with Gasteiger partial charge >= 0.3 is 0 Å². The van der Waals surface area contributed by atoms with Gasteiger partial charge in [-0.1, -0.05) is 18.2 Å². The predicted octanol–water partition coefficient (Wildman–Crippen LogP) is 1.56. The Bertz CT molecular complexity index is 580. The van der Waals surface area contributed by atoms with Crippen LogP contribution in [0.25, 0.3) is 0 Å². The quantitative estimate of drug-likeness (QED) is 0.835. The lowest BCUT2D eigenvalue weighted by Gasteiger charge is -2.23. The number of carbonyl (C=O) groups is 1. The van der Waals surface area contributed by atoms with Crippen LogP contribution in [-0.4, -0.2) is 31.9 Å². The molecule has 1 rings (SSSR count). The van der Waals surface area contributed by atoms with E-state index in [4.69, 9.17) is 0 Å². The molecule has 5 nitrogen and oxygen atoms in total. The molecule has 0 saturated carbocycles.